The van der Waals surface area contributed by atoms with Crippen LogP contribution in [0.3, 0.4) is 0 Å². The fourth-order valence-corrected chi connectivity index (χ4v) is 1.83. The fraction of sp³-hybridized carbons (Fsp3) is 0.118. The first-order valence-electron chi connectivity index (χ1n) is 6.85. The Bertz CT molecular complexity index is 751. The lowest BCUT2D eigenvalue weighted by Gasteiger charge is -2.11. The monoisotopic (exact) mass is 327 g/mol. The SMILES string of the molecule is C[C@H](O/N=C\c1ccc(Cl)cc1)C(=O)Nc1ccccc1C#N. The van der Waals surface area contributed by atoms with E-state index in [1.807, 2.05) is 6.07 Å². The quantitative estimate of drug-likeness (QED) is 0.673. The molecular formula is C17H14ClN3O2. The lowest BCUT2D eigenvalue weighted by molar-refractivity contribution is -0.126. The Morgan fingerprint density at radius 1 is 1.30 bits per heavy atom. The molecule has 0 fully saturated rings. The number of anilines is 1. The van der Waals surface area contributed by atoms with E-state index < -0.39 is 6.10 Å². The molecule has 2 rings (SSSR count). The van der Waals surface area contributed by atoms with Gasteiger partial charge in [0.25, 0.3) is 5.91 Å². The minimum absolute atomic E-state index is 0.387. The summed E-state index contributed by atoms with van der Waals surface area (Å²) in [5, 5.41) is 16.0. The zero-order valence-corrected chi connectivity index (χ0v) is 13.1. The summed E-state index contributed by atoms with van der Waals surface area (Å²) in [6, 6.07) is 15.8. The number of nitriles is 1. The molecule has 0 unspecified atom stereocenters. The van der Waals surface area contributed by atoms with Crippen LogP contribution < -0.4 is 5.32 Å². The van der Waals surface area contributed by atoms with Gasteiger partial charge in [0.1, 0.15) is 6.07 Å². The zero-order chi connectivity index (χ0) is 16.7. The number of carbonyl (C=O) groups is 1. The number of nitrogens with one attached hydrogen (secondary N) is 1. The van der Waals surface area contributed by atoms with Gasteiger partial charge in [0.15, 0.2) is 0 Å². The van der Waals surface area contributed by atoms with Gasteiger partial charge in [0.05, 0.1) is 17.5 Å². The van der Waals surface area contributed by atoms with Crippen LogP contribution in [-0.4, -0.2) is 18.2 Å². The van der Waals surface area contributed by atoms with Crippen LogP contribution in [0, 0.1) is 11.3 Å². The van der Waals surface area contributed by atoms with Gasteiger partial charge in [0, 0.05) is 5.02 Å². The predicted molar refractivity (Wildman–Crippen MR) is 89.4 cm³/mol. The maximum atomic E-state index is 12.0. The molecule has 5 nitrogen and oxygen atoms in total. The van der Waals surface area contributed by atoms with E-state index in [0.29, 0.717) is 16.3 Å². The minimum Gasteiger partial charge on any atom is -0.383 e. The summed E-state index contributed by atoms with van der Waals surface area (Å²) < 4.78 is 0. The van der Waals surface area contributed by atoms with E-state index in [4.69, 9.17) is 21.7 Å². The van der Waals surface area contributed by atoms with Gasteiger partial charge in [-0.3, -0.25) is 4.79 Å². The van der Waals surface area contributed by atoms with Gasteiger partial charge in [0.2, 0.25) is 6.10 Å². The molecule has 0 radical (unpaired) electrons. The van der Waals surface area contributed by atoms with Crippen LogP contribution >= 0.6 is 11.6 Å². The van der Waals surface area contributed by atoms with Crippen molar-refractivity contribution in [2.75, 3.05) is 5.32 Å². The van der Waals surface area contributed by atoms with Crippen molar-refractivity contribution in [3.05, 3.63) is 64.7 Å². The van der Waals surface area contributed by atoms with Gasteiger partial charge in [-0.2, -0.15) is 5.26 Å². The number of halogens is 1. The topological polar surface area (TPSA) is 74.5 Å². The first-order chi connectivity index (χ1) is 11.1. The minimum atomic E-state index is -0.801. The first kappa shape index (κ1) is 16.5. The van der Waals surface area contributed by atoms with Crippen molar-refractivity contribution in [1.82, 2.24) is 0 Å². The van der Waals surface area contributed by atoms with Crippen molar-refractivity contribution < 1.29 is 9.63 Å². The summed E-state index contributed by atoms with van der Waals surface area (Å²) in [6.45, 7) is 1.57. The molecule has 0 heterocycles. The van der Waals surface area contributed by atoms with Crippen molar-refractivity contribution in [2.45, 2.75) is 13.0 Å². The average molecular weight is 328 g/mol. The van der Waals surface area contributed by atoms with Crippen LogP contribution in [0.15, 0.2) is 53.7 Å². The number of para-hydroxylation sites is 1. The second kappa shape index (κ2) is 7.97. The van der Waals surface area contributed by atoms with Gasteiger partial charge in [-0.25, -0.2) is 0 Å². The van der Waals surface area contributed by atoms with Crippen molar-refractivity contribution in [2.24, 2.45) is 5.16 Å². The smallest absolute Gasteiger partial charge is 0.268 e. The maximum absolute atomic E-state index is 12.0. The maximum Gasteiger partial charge on any atom is 0.268 e. The van der Waals surface area contributed by atoms with E-state index in [9.17, 15) is 4.79 Å². The molecule has 0 saturated carbocycles. The van der Waals surface area contributed by atoms with Gasteiger partial charge in [-0.05, 0) is 36.8 Å². The molecule has 6 heteroatoms. The zero-order valence-electron chi connectivity index (χ0n) is 12.4. The van der Waals surface area contributed by atoms with Crippen molar-refractivity contribution >= 4 is 29.4 Å². The summed E-state index contributed by atoms with van der Waals surface area (Å²) in [5.74, 6) is -0.388. The number of nitrogens with zero attached hydrogens (tertiary/aromatic N) is 2. The molecule has 0 saturated heterocycles. The Labute approximate surface area is 139 Å². The molecule has 0 aliphatic carbocycles. The second-order valence-electron chi connectivity index (χ2n) is 4.68. The summed E-state index contributed by atoms with van der Waals surface area (Å²) in [7, 11) is 0. The highest BCUT2D eigenvalue weighted by atomic mass is 35.5. The van der Waals surface area contributed by atoms with Crippen LogP contribution in [-0.2, 0) is 9.63 Å². The number of hydrogen-bond donors (Lipinski definition) is 1. The van der Waals surface area contributed by atoms with Crippen LogP contribution in [0.5, 0.6) is 0 Å². The Morgan fingerprint density at radius 2 is 2.00 bits per heavy atom. The molecule has 2 aromatic rings. The van der Waals surface area contributed by atoms with E-state index in [2.05, 4.69) is 10.5 Å². The Morgan fingerprint density at radius 3 is 2.70 bits per heavy atom. The number of hydrogen-bond acceptors (Lipinski definition) is 4. The second-order valence-corrected chi connectivity index (χ2v) is 5.12. The Hall–Kier alpha value is -2.84. The van der Waals surface area contributed by atoms with Crippen molar-refractivity contribution in [3.8, 4) is 6.07 Å². The molecule has 116 valence electrons. The molecule has 0 bridgehead atoms. The molecule has 0 aromatic heterocycles. The molecule has 0 aliphatic rings. The molecule has 1 N–H and O–H groups in total. The standard InChI is InChI=1S/C17H14ClN3O2/c1-12(23-20-11-13-6-8-15(18)9-7-13)17(22)21-16-5-3-2-4-14(16)10-19/h2-9,11-12H,1H3,(H,21,22)/b20-11-/t12-/m0/s1. The summed E-state index contributed by atoms with van der Waals surface area (Å²) in [4.78, 5) is 17.2. The Kier molecular flexibility index (Phi) is 5.73. The summed E-state index contributed by atoms with van der Waals surface area (Å²) in [6.07, 6.45) is 0.689. The van der Waals surface area contributed by atoms with Crippen LogP contribution in [0.1, 0.15) is 18.1 Å². The summed E-state index contributed by atoms with van der Waals surface area (Å²) >= 11 is 5.79. The highest BCUT2D eigenvalue weighted by Crippen LogP contribution is 2.14. The number of benzene rings is 2. The van der Waals surface area contributed by atoms with Crippen LogP contribution in [0.2, 0.25) is 5.02 Å². The predicted octanol–water partition coefficient (Wildman–Crippen LogP) is 3.59. The largest absolute Gasteiger partial charge is 0.383 e. The molecule has 23 heavy (non-hydrogen) atoms. The third-order valence-electron chi connectivity index (χ3n) is 2.97. The lowest BCUT2D eigenvalue weighted by atomic mass is 10.2. The Balaban J connectivity index is 1.92. The number of amides is 1. The molecule has 0 aliphatic heterocycles. The van der Waals surface area contributed by atoms with Crippen molar-refractivity contribution in [3.63, 3.8) is 0 Å². The van der Waals surface area contributed by atoms with Gasteiger partial charge in [-0.1, -0.05) is 41.0 Å². The third-order valence-corrected chi connectivity index (χ3v) is 3.22. The lowest BCUT2D eigenvalue weighted by Crippen LogP contribution is -2.26. The van der Waals surface area contributed by atoms with Crippen LogP contribution in [0.4, 0.5) is 5.69 Å². The van der Waals surface area contributed by atoms with E-state index in [1.54, 1.807) is 55.5 Å². The first-order valence-corrected chi connectivity index (χ1v) is 7.22. The van der Waals surface area contributed by atoms with Crippen molar-refractivity contribution in [1.29, 1.82) is 5.26 Å². The molecule has 2 aromatic carbocycles. The molecular weight excluding hydrogens is 314 g/mol. The average Bonchev–Trinajstić information content (AvgIpc) is 2.57. The fourth-order valence-electron chi connectivity index (χ4n) is 1.70. The van der Waals surface area contributed by atoms with Gasteiger partial charge in [-0.15, -0.1) is 0 Å². The molecule has 1 amide bonds. The van der Waals surface area contributed by atoms with E-state index in [0.717, 1.165) is 5.56 Å². The highest BCUT2D eigenvalue weighted by Gasteiger charge is 2.15. The molecule has 1 atom stereocenters. The normalized spacial score (nSPS) is 11.7. The number of oxime groups is 1. The van der Waals surface area contributed by atoms with Gasteiger partial charge < -0.3 is 10.2 Å². The van der Waals surface area contributed by atoms with Gasteiger partial charge >= 0.3 is 0 Å². The number of carbonyl (C=O) groups excluding carboxylic acids is 1. The van der Waals surface area contributed by atoms with Crippen LogP contribution in [0.25, 0.3) is 0 Å². The third kappa shape index (κ3) is 4.83. The highest BCUT2D eigenvalue weighted by molar-refractivity contribution is 6.30. The molecule has 0 spiro atoms. The van der Waals surface area contributed by atoms with E-state index >= 15 is 0 Å². The van der Waals surface area contributed by atoms with E-state index in [-0.39, 0.29) is 5.91 Å². The summed E-state index contributed by atoms with van der Waals surface area (Å²) in [5.41, 5.74) is 1.63. The number of rotatable bonds is 5. The van der Waals surface area contributed by atoms with E-state index in [1.165, 1.54) is 6.21 Å².